The predicted molar refractivity (Wildman–Crippen MR) is 183 cm³/mol. The average Bonchev–Trinajstić information content (AvgIpc) is 3.01. The van der Waals surface area contributed by atoms with Crippen LogP contribution >= 0.6 is 23.2 Å². The molecule has 3 aromatic rings. The molecule has 1 aromatic heterocycles. The number of anilines is 1. The van der Waals surface area contributed by atoms with Gasteiger partial charge in [0.05, 0.1) is 18.1 Å². The van der Waals surface area contributed by atoms with E-state index in [9.17, 15) is 4.79 Å². The number of nitrogens with one attached hydrogen (secondary N) is 2. The molecule has 0 bridgehead atoms. The summed E-state index contributed by atoms with van der Waals surface area (Å²) in [4.78, 5) is 27.1. The number of hydrogen-bond donors (Lipinski definition) is 3. The summed E-state index contributed by atoms with van der Waals surface area (Å²) in [6.45, 7) is 9.14. The monoisotopic (exact) mass is 637 g/mol. The number of carbonyl (C=O) groups excluding carboxylic acids is 1. The maximum atomic E-state index is 12.3. The van der Waals surface area contributed by atoms with Crippen LogP contribution in [0.4, 0.5) is 5.82 Å². The van der Waals surface area contributed by atoms with E-state index in [2.05, 4.69) is 45.6 Å². The van der Waals surface area contributed by atoms with Gasteiger partial charge in [-0.25, -0.2) is 9.97 Å². The molecule has 0 spiro atoms. The summed E-state index contributed by atoms with van der Waals surface area (Å²) in [5, 5.41) is 8.88. The van der Waals surface area contributed by atoms with Crippen molar-refractivity contribution in [3.8, 4) is 0 Å². The zero-order chi connectivity index (χ0) is 31.5. The van der Waals surface area contributed by atoms with Crippen molar-refractivity contribution in [1.29, 1.82) is 0 Å². The largest absolute Gasteiger partial charge is 0.368 e. The van der Waals surface area contributed by atoms with Crippen LogP contribution in [0.2, 0.25) is 5.02 Å². The number of aromatic nitrogens is 2. The smallest absolute Gasteiger partial charge is 0.239 e. The summed E-state index contributed by atoms with van der Waals surface area (Å²) in [5.74, 6) is 1.01. The molecule has 4 N–H and O–H groups in total. The van der Waals surface area contributed by atoms with Crippen molar-refractivity contribution in [3.05, 3.63) is 87.7 Å². The van der Waals surface area contributed by atoms with Gasteiger partial charge in [-0.2, -0.15) is 0 Å². The summed E-state index contributed by atoms with van der Waals surface area (Å²) in [6, 6.07) is 15.7. The van der Waals surface area contributed by atoms with E-state index in [-0.39, 0.29) is 11.9 Å². The molecular weight excluding hydrogens is 593 g/mol. The standard InChI is InChI=1S/C34H45Cl2N7O/c1-4-25(13-12-24(2)35)32(26-14-16-27(36)17-15-26)43-21-19-42(20-22-43)23-31-39-29-10-6-5-9-28(29)34(41-31)40-30(33(37)44)11-7-8-18-38-3/h5-6,9-10,12-17,30,32,38H,4,7-8,11,18-23H2,1-3H3,(H2,37,44)(H,39,40,41)/b24-12+,25-13+/t30-,32?/m0/s1. The van der Waals surface area contributed by atoms with Crippen LogP contribution in [0, 0.1) is 0 Å². The fourth-order valence-corrected chi connectivity index (χ4v) is 5.90. The Balaban J connectivity index is 1.50. The van der Waals surface area contributed by atoms with Gasteiger partial charge >= 0.3 is 0 Å². The summed E-state index contributed by atoms with van der Waals surface area (Å²) < 4.78 is 0. The number of nitrogens with two attached hydrogens (primary N) is 1. The van der Waals surface area contributed by atoms with E-state index in [4.69, 9.17) is 38.9 Å². The van der Waals surface area contributed by atoms with E-state index in [0.29, 0.717) is 18.8 Å². The molecule has 1 unspecified atom stereocenters. The summed E-state index contributed by atoms with van der Waals surface area (Å²) in [7, 11) is 1.93. The Morgan fingerprint density at radius 3 is 2.43 bits per heavy atom. The molecule has 236 valence electrons. The molecule has 0 aliphatic carbocycles. The lowest BCUT2D eigenvalue weighted by Crippen LogP contribution is -2.47. The fraction of sp³-hybridized carbons (Fsp3) is 0.441. The minimum absolute atomic E-state index is 0.137. The predicted octanol–water partition coefficient (Wildman–Crippen LogP) is 6.28. The van der Waals surface area contributed by atoms with Gasteiger partial charge in [0.15, 0.2) is 0 Å². The Hall–Kier alpha value is -3.01. The summed E-state index contributed by atoms with van der Waals surface area (Å²) in [5.41, 5.74) is 9.17. The average molecular weight is 639 g/mol. The number of benzene rings is 2. The normalized spacial score (nSPS) is 16.7. The van der Waals surface area contributed by atoms with Crippen molar-refractivity contribution < 1.29 is 4.79 Å². The van der Waals surface area contributed by atoms with Crippen molar-refractivity contribution in [3.63, 3.8) is 0 Å². The highest BCUT2D eigenvalue weighted by molar-refractivity contribution is 6.30. The molecule has 1 fully saturated rings. The number of para-hydroxylation sites is 1. The van der Waals surface area contributed by atoms with E-state index < -0.39 is 6.04 Å². The molecule has 2 aromatic carbocycles. The van der Waals surface area contributed by atoms with E-state index in [1.807, 2.05) is 56.4 Å². The minimum Gasteiger partial charge on any atom is -0.368 e. The second-order valence-electron chi connectivity index (χ2n) is 11.3. The fourth-order valence-electron chi connectivity index (χ4n) is 5.71. The minimum atomic E-state index is -0.496. The van der Waals surface area contributed by atoms with Gasteiger partial charge in [-0.1, -0.05) is 60.5 Å². The van der Waals surface area contributed by atoms with Crippen molar-refractivity contribution in [2.75, 3.05) is 45.1 Å². The molecule has 2 heterocycles. The molecule has 44 heavy (non-hydrogen) atoms. The van der Waals surface area contributed by atoms with Crippen molar-refractivity contribution >= 4 is 45.8 Å². The number of halogens is 2. The molecule has 1 saturated heterocycles. The Kier molecular flexibility index (Phi) is 13.0. The lowest BCUT2D eigenvalue weighted by Gasteiger charge is -2.40. The second kappa shape index (κ2) is 16.9. The number of hydrogen-bond acceptors (Lipinski definition) is 7. The van der Waals surface area contributed by atoms with Gasteiger partial charge in [0.25, 0.3) is 0 Å². The number of piperazine rings is 1. The van der Waals surface area contributed by atoms with Gasteiger partial charge in [-0.3, -0.25) is 14.6 Å². The quantitative estimate of drug-likeness (QED) is 0.133. The van der Waals surface area contributed by atoms with Crippen LogP contribution in [0.5, 0.6) is 0 Å². The molecule has 1 aliphatic heterocycles. The van der Waals surface area contributed by atoms with Crippen LogP contribution < -0.4 is 16.4 Å². The number of amides is 1. The molecule has 8 nitrogen and oxygen atoms in total. The third kappa shape index (κ3) is 9.49. The summed E-state index contributed by atoms with van der Waals surface area (Å²) in [6.07, 6.45) is 7.56. The molecule has 4 rings (SSSR count). The molecule has 10 heteroatoms. The van der Waals surface area contributed by atoms with Crippen LogP contribution in [0.15, 0.2) is 71.3 Å². The highest BCUT2D eigenvalue weighted by Crippen LogP contribution is 2.33. The van der Waals surface area contributed by atoms with Crippen molar-refractivity contribution in [2.45, 2.75) is 58.2 Å². The van der Waals surface area contributed by atoms with Crippen LogP contribution in [0.25, 0.3) is 10.9 Å². The molecular formula is C34H45Cl2N7O. The first-order chi connectivity index (χ1) is 21.3. The lowest BCUT2D eigenvalue weighted by atomic mass is 9.94. The maximum absolute atomic E-state index is 12.3. The Labute approximate surface area is 271 Å². The van der Waals surface area contributed by atoms with Gasteiger partial charge in [0.2, 0.25) is 5.91 Å². The molecule has 0 radical (unpaired) electrons. The Bertz CT molecular complexity index is 1430. The van der Waals surface area contributed by atoms with E-state index in [1.165, 1.54) is 11.1 Å². The zero-order valence-electron chi connectivity index (χ0n) is 26.0. The SMILES string of the molecule is CC/C(=C\C=C(/C)Cl)C(c1ccc(Cl)cc1)N1CCN(Cc2nc(N[C@@H](CCCCNC)C(N)=O)c3ccccc3n2)CC1. The lowest BCUT2D eigenvalue weighted by molar-refractivity contribution is -0.118. The third-order valence-corrected chi connectivity index (χ3v) is 8.46. The number of nitrogens with zero attached hydrogens (tertiary/aromatic N) is 4. The molecule has 1 amide bonds. The number of allylic oxidation sites excluding steroid dienone is 3. The van der Waals surface area contributed by atoms with Gasteiger partial charge < -0.3 is 16.4 Å². The first-order valence-electron chi connectivity index (χ1n) is 15.5. The third-order valence-electron chi connectivity index (χ3n) is 8.08. The Morgan fingerprint density at radius 1 is 1.05 bits per heavy atom. The van der Waals surface area contributed by atoms with Crippen molar-refractivity contribution in [1.82, 2.24) is 25.1 Å². The topological polar surface area (TPSA) is 99.4 Å². The highest BCUT2D eigenvalue weighted by Gasteiger charge is 2.28. The number of fused-ring (bicyclic) bond motifs is 1. The van der Waals surface area contributed by atoms with Crippen LogP contribution in [-0.4, -0.2) is 71.5 Å². The zero-order valence-corrected chi connectivity index (χ0v) is 27.5. The number of primary amides is 1. The van der Waals surface area contributed by atoms with Gasteiger partial charge in [0.1, 0.15) is 17.7 Å². The molecule has 1 aliphatic rings. The first kappa shape index (κ1) is 33.9. The van der Waals surface area contributed by atoms with Crippen LogP contribution in [0.3, 0.4) is 0 Å². The molecule has 0 saturated carbocycles. The highest BCUT2D eigenvalue weighted by atomic mass is 35.5. The van der Waals surface area contributed by atoms with Gasteiger partial charge in [-0.05, 0) is 87.7 Å². The van der Waals surface area contributed by atoms with E-state index in [1.54, 1.807) is 0 Å². The first-order valence-corrected chi connectivity index (χ1v) is 16.3. The maximum Gasteiger partial charge on any atom is 0.239 e. The van der Waals surface area contributed by atoms with Gasteiger partial charge in [0, 0.05) is 41.6 Å². The number of unbranched alkanes of at least 4 members (excludes halogenated alkanes) is 1. The number of carbonyl (C=O) groups is 1. The van der Waals surface area contributed by atoms with E-state index >= 15 is 0 Å². The van der Waals surface area contributed by atoms with Crippen LogP contribution in [0.1, 0.15) is 57.0 Å². The van der Waals surface area contributed by atoms with Crippen LogP contribution in [-0.2, 0) is 11.3 Å². The van der Waals surface area contributed by atoms with Gasteiger partial charge in [-0.15, -0.1) is 0 Å². The van der Waals surface area contributed by atoms with E-state index in [0.717, 1.165) is 78.8 Å². The Morgan fingerprint density at radius 2 is 1.77 bits per heavy atom. The summed E-state index contributed by atoms with van der Waals surface area (Å²) >= 11 is 12.4. The van der Waals surface area contributed by atoms with Crippen molar-refractivity contribution in [2.24, 2.45) is 5.73 Å². The number of rotatable bonds is 15. The second-order valence-corrected chi connectivity index (χ2v) is 12.4. The molecule has 2 atom stereocenters.